The van der Waals surface area contributed by atoms with Crippen LogP contribution >= 0.6 is 11.6 Å². The highest BCUT2D eigenvalue weighted by Gasteiger charge is 2.13. The molecular weight excluding hydrogens is 228 g/mol. The topological polar surface area (TPSA) is 44.2 Å². The summed E-state index contributed by atoms with van der Waals surface area (Å²) in [6, 6.07) is 0. The highest BCUT2D eigenvalue weighted by Crippen LogP contribution is 2.15. The fourth-order valence-corrected chi connectivity index (χ4v) is 1.75. The van der Waals surface area contributed by atoms with E-state index >= 15 is 0 Å². The average Bonchev–Trinajstić information content (AvgIpc) is 2.33. The maximum atomic E-state index is 5.64. The Morgan fingerprint density at radius 1 is 1.31 bits per heavy atom. The predicted octanol–water partition coefficient (Wildman–Crippen LogP) is 2.07. The van der Waals surface area contributed by atoms with Gasteiger partial charge in [0.1, 0.15) is 5.15 Å². The molecule has 0 N–H and O–H groups in total. The second kappa shape index (κ2) is 6.13. The number of nitrogens with zero attached hydrogens (tertiary/aromatic N) is 2. The first-order valence-corrected chi connectivity index (χ1v) is 5.84. The van der Waals surface area contributed by atoms with E-state index < -0.39 is 0 Å². The predicted molar refractivity (Wildman–Crippen MR) is 60.2 cm³/mol. The van der Waals surface area contributed by atoms with Gasteiger partial charge in [-0.2, -0.15) is 0 Å². The Hall–Kier alpha value is -0.710. The van der Waals surface area contributed by atoms with Gasteiger partial charge in [-0.1, -0.05) is 11.6 Å². The molecule has 1 saturated heterocycles. The number of ether oxygens (including phenoxy) is 2. The van der Waals surface area contributed by atoms with Crippen LogP contribution in [0.15, 0.2) is 12.4 Å². The van der Waals surface area contributed by atoms with Crippen molar-refractivity contribution in [3.8, 4) is 0 Å². The molecule has 0 bridgehead atoms. The van der Waals surface area contributed by atoms with Crippen molar-refractivity contribution in [1.29, 1.82) is 0 Å². The summed E-state index contributed by atoms with van der Waals surface area (Å²) < 4.78 is 10.9. The van der Waals surface area contributed by atoms with Crippen molar-refractivity contribution in [2.75, 3.05) is 19.8 Å². The van der Waals surface area contributed by atoms with Crippen molar-refractivity contribution in [3.63, 3.8) is 0 Å². The molecule has 0 spiro atoms. The van der Waals surface area contributed by atoms with Crippen LogP contribution in [-0.4, -0.2) is 29.8 Å². The highest BCUT2D eigenvalue weighted by molar-refractivity contribution is 6.29. The minimum Gasteiger partial charge on any atom is -0.381 e. The second-order valence-corrected chi connectivity index (χ2v) is 4.29. The molecule has 16 heavy (non-hydrogen) atoms. The van der Waals surface area contributed by atoms with E-state index in [0.717, 1.165) is 38.4 Å². The normalized spacial score (nSPS) is 17.6. The molecule has 0 radical (unpaired) electrons. The summed E-state index contributed by atoms with van der Waals surface area (Å²) in [6.45, 7) is 2.98. The van der Waals surface area contributed by atoms with E-state index in [1.54, 1.807) is 6.20 Å². The molecular formula is C11H15ClN2O2. The van der Waals surface area contributed by atoms with Crippen molar-refractivity contribution in [2.45, 2.75) is 19.4 Å². The van der Waals surface area contributed by atoms with Crippen LogP contribution in [0.2, 0.25) is 5.15 Å². The molecule has 1 aliphatic rings. The molecule has 1 aliphatic heterocycles. The second-order valence-electron chi connectivity index (χ2n) is 3.90. The Morgan fingerprint density at radius 2 is 2.12 bits per heavy atom. The molecule has 0 saturated carbocycles. The molecule has 1 fully saturated rings. The van der Waals surface area contributed by atoms with Crippen LogP contribution in [0, 0.1) is 5.92 Å². The van der Waals surface area contributed by atoms with Gasteiger partial charge < -0.3 is 9.47 Å². The molecule has 0 amide bonds. The zero-order valence-electron chi connectivity index (χ0n) is 9.06. The minimum atomic E-state index is 0.410. The quantitative estimate of drug-likeness (QED) is 0.811. The molecule has 2 rings (SSSR count). The lowest BCUT2D eigenvalue weighted by Gasteiger charge is -2.21. The largest absolute Gasteiger partial charge is 0.381 e. The number of rotatable bonds is 4. The zero-order chi connectivity index (χ0) is 11.2. The van der Waals surface area contributed by atoms with Crippen LogP contribution in [0.5, 0.6) is 0 Å². The van der Waals surface area contributed by atoms with Gasteiger partial charge in [0.15, 0.2) is 0 Å². The summed E-state index contributed by atoms with van der Waals surface area (Å²) in [4.78, 5) is 8.06. The summed E-state index contributed by atoms with van der Waals surface area (Å²) in [5.74, 6) is 0.619. The molecule has 0 aliphatic carbocycles. The van der Waals surface area contributed by atoms with Crippen molar-refractivity contribution in [2.24, 2.45) is 5.92 Å². The standard InChI is InChI=1S/C11H15ClN2O2/c12-11-6-13-10(5-14-11)8-16-7-9-1-3-15-4-2-9/h5-6,9H,1-4,7-8H2. The highest BCUT2D eigenvalue weighted by atomic mass is 35.5. The molecule has 0 aromatic carbocycles. The van der Waals surface area contributed by atoms with E-state index in [0.29, 0.717) is 17.7 Å². The summed E-state index contributed by atoms with van der Waals surface area (Å²) in [6.07, 6.45) is 5.36. The average molecular weight is 243 g/mol. The SMILES string of the molecule is Clc1cnc(COCC2CCOCC2)cn1. The van der Waals surface area contributed by atoms with Gasteiger partial charge in [-0.15, -0.1) is 0 Å². The summed E-state index contributed by atoms with van der Waals surface area (Å²) in [7, 11) is 0. The Morgan fingerprint density at radius 3 is 2.81 bits per heavy atom. The molecule has 0 atom stereocenters. The van der Waals surface area contributed by atoms with Crippen molar-refractivity contribution in [3.05, 3.63) is 23.2 Å². The van der Waals surface area contributed by atoms with E-state index in [1.807, 2.05) is 0 Å². The van der Waals surface area contributed by atoms with Gasteiger partial charge in [-0.05, 0) is 18.8 Å². The van der Waals surface area contributed by atoms with Gasteiger partial charge in [0, 0.05) is 13.2 Å². The van der Waals surface area contributed by atoms with Crippen molar-refractivity contribution < 1.29 is 9.47 Å². The van der Waals surface area contributed by atoms with Crippen LogP contribution in [-0.2, 0) is 16.1 Å². The van der Waals surface area contributed by atoms with Gasteiger partial charge in [0.2, 0.25) is 0 Å². The molecule has 1 aromatic heterocycles. The molecule has 5 heteroatoms. The summed E-state index contributed by atoms with van der Waals surface area (Å²) in [5.41, 5.74) is 0.816. The van der Waals surface area contributed by atoms with Gasteiger partial charge in [0.05, 0.1) is 31.3 Å². The molecule has 0 unspecified atom stereocenters. The maximum absolute atomic E-state index is 5.64. The van der Waals surface area contributed by atoms with Crippen LogP contribution in [0.3, 0.4) is 0 Å². The Bertz CT molecular complexity index is 312. The Kier molecular flexibility index (Phi) is 4.51. The van der Waals surface area contributed by atoms with Gasteiger partial charge in [-0.25, -0.2) is 4.98 Å². The monoisotopic (exact) mass is 242 g/mol. The van der Waals surface area contributed by atoms with E-state index in [-0.39, 0.29) is 0 Å². The lowest BCUT2D eigenvalue weighted by molar-refractivity contribution is 0.0149. The lowest BCUT2D eigenvalue weighted by atomic mass is 10.0. The molecule has 88 valence electrons. The number of aromatic nitrogens is 2. The van der Waals surface area contributed by atoms with E-state index in [2.05, 4.69) is 9.97 Å². The zero-order valence-corrected chi connectivity index (χ0v) is 9.82. The number of halogens is 1. The third kappa shape index (κ3) is 3.70. The van der Waals surface area contributed by atoms with Crippen molar-refractivity contribution >= 4 is 11.6 Å². The fourth-order valence-electron chi connectivity index (χ4n) is 1.66. The lowest BCUT2D eigenvalue weighted by Crippen LogP contribution is -2.20. The van der Waals surface area contributed by atoms with E-state index in [1.165, 1.54) is 6.20 Å². The summed E-state index contributed by atoms with van der Waals surface area (Å²) in [5, 5.41) is 0.410. The van der Waals surface area contributed by atoms with Crippen LogP contribution in [0.4, 0.5) is 0 Å². The Balaban J connectivity index is 1.69. The van der Waals surface area contributed by atoms with Crippen LogP contribution < -0.4 is 0 Å². The van der Waals surface area contributed by atoms with E-state index in [4.69, 9.17) is 21.1 Å². The molecule has 1 aromatic rings. The first-order chi connectivity index (χ1) is 7.84. The Labute approximate surface area is 99.9 Å². The fraction of sp³-hybridized carbons (Fsp3) is 0.636. The third-order valence-electron chi connectivity index (χ3n) is 2.62. The molecule has 4 nitrogen and oxygen atoms in total. The number of hydrogen-bond acceptors (Lipinski definition) is 4. The smallest absolute Gasteiger partial charge is 0.147 e. The first-order valence-electron chi connectivity index (χ1n) is 5.46. The van der Waals surface area contributed by atoms with Crippen molar-refractivity contribution in [1.82, 2.24) is 9.97 Å². The first kappa shape index (κ1) is 11.8. The maximum Gasteiger partial charge on any atom is 0.147 e. The number of hydrogen-bond donors (Lipinski definition) is 0. The third-order valence-corrected chi connectivity index (χ3v) is 2.81. The van der Waals surface area contributed by atoms with Crippen LogP contribution in [0.1, 0.15) is 18.5 Å². The van der Waals surface area contributed by atoms with Crippen LogP contribution in [0.25, 0.3) is 0 Å². The molecule has 2 heterocycles. The summed E-state index contributed by atoms with van der Waals surface area (Å²) >= 11 is 5.64. The minimum absolute atomic E-state index is 0.410. The van der Waals surface area contributed by atoms with Gasteiger partial charge in [-0.3, -0.25) is 4.98 Å². The van der Waals surface area contributed by atoms with Gasteiger partial charge >= 0.3 is 0 Å². The van der Waals surface area contributed by atoms with Gasteiger partial charge in [0.25, 0.3) is 0 Å². The van der Waals surface area contributed by atoms with E-state index in [9.17, 15) is 0 Å².